The fraction of sp³-hybridized carbons (Fsp3) is 0.250. The fourth-order valence-electron chi connectivity index (χ4n) is 4.98. The molecule has 5 aromatic rings. The van der Waals surface area contributed by atoms with Gasteiger partial charge in [0.25, 0.3) is 0 Å². The predicted molar refractivity (Wildman–Crippen MR) is 153 cm³/mol. The lowest BCUT2D eigenvalue weighted by molar-refractivity contribution is -0.0913. The van der Waals surface area contributed by atoms with Gasteiger partial charge in [-0.3, -0.25) is 0 Å². The van der Waals surface area contributed by atoms with Gasteiger partial charge in [-0.05, 0) is 22.8 Å². The van der Waals surface area contributed by atoms with Gasteiger partial charge >= 0.3 is 0 Å². The Hall–Kier alpha value is -3.59. The van der Waals surface area contributed by atoms with E-state index in [9.17, 15) is 0 Å². The Bertz CT molecular complexity index is 1500. The van der Waals surface area contributed by atoms with Crippen molar-refractivity contribution in [2.75, 3.05) is 6.61 Å². The van der Waals surface area contributed by atoms with Crippen LogP contribution in [0, 0.1) is 0 Å². The molecule has 0 radical (unpaired) electrons. The predicted octanol–water partition coefficient (Wildman–Crippen LogP) is 6.37. The van der Waals surface area contributed by atoms with Crippen molar-refractivity contribution in [1.29, 1.82) is 0 Å². The number of benzene rings is 3. The molecule has 204 valence electrons. The number of pyridine rings is 1. The summed E-state index contributed by atoms with van der Waals surface area (Å²) in [5.74, 6) is 0. The number of ether oxygens (including phenoxy) is 4. The van der Waals surface area contributed by atoms with Crippen molar-refractivity contribution in [2.24, 2.45) is 0 Å². The van der Waals surface area contributed by atoms with Crippen LogP contribution in [0.15, 0.2) is 110 Å². The summed E-state index contributed by atoms with van der Waals surface area (Å²) < 4.78 is 27.9. The van der Waals surface area contributed by atoms with Gasteiger partial charge in [-0.25, -0.2) is 9.97 Å². The Kier molecular flexibility index (Phi) is 8.47. The number of hydrogen-bond donors (Lipinski definition) is 0. The van der Waals surface area contributed by atoms with Crippen LogP contribution in [-0.2, 0) is 38.8 Å². The maximum atomic E-state index is 6.68. The van der Waals surface area contributed by atoms with Crippen molar-refractivity contribution in [1.82, 2.24) is 14.5 Å². The van der Waals surface area contributed by atoms with E-state index in [1.807, 2.05) is 102 Å². The Morgan fingerprint density at radius 3 is 1.90 bits per heavy atom. The zero-order chi connectivity index (χ0) is 27.1. The Morgan fingerprint density at radius 1 is 0.700 bits per heavy atom. The molecule has 0 spiro atoms. The highest BCUT2D eigenvalue weighted by Gasteiger charge is 2.48. The van der Waals surface area contributed by atoms with Crippen LogP contribution >= 0.6 is 11.6 Å². The van der Waals surface area contributed by atoms with Crippen LogP contribution in [0.2, 0.25) is 5.15 Å². The summed E-state index contributed by atoms with van der Waals surface area (Å²) in [4.78, 5) is 8.70. The van der Waals surface area contributed by atoms with Crippen molar-refractivity contribution in [2.45, 2.75) is 44.4 Å². The van der Waals surface area contributed by atoms with Crippen LogP contribution in [0.5, 0.6) is 0 Å². The second kappa shape index (κ2) is 12.7. The summed E-state index contributed by atoms with van der Waals surface area (Å²) in [6, 6.07) is 32.2. The third kappa shape index (κ3) is 6.09. The van der Waals surface area contributed by atoms with Gasteiger partial charge in [0.1, 0.15) is 23.8 Å². The molecular weight excluding hydrogens is 526 g/mol. The Labute approximate surface area is 238 Å². The van der Waals surface area contributed by atoms with Gasteiger partial charge in [-0.2, -0.15) is 0 Å². The highest BCUT2D eigenvalue weighted by Crippen LogP contribution is 2.37. The zero-order valence-electron chi connectivity index (χ0n) is 21.9. The van der Waals surface area contributed by atoms with Crippen LogP contribution in [0.1, 0.15) is 22.9 Å². The van der Waals surface area contributed by atoms with E-state index in [2.05, 4.69) is 9.97 Å². The number of hydrogen-bond acceptors (Lipinski definition) is 6. The molecule has 1 saturated heterocycles. The third-order valence-corrected chi connectivity index (χ3v) is 7.25. The second-order valence-corrected chi connectivity index (χ2v) is 10.1. The quantitative estimate of drug-likeness (QED) is 0.176. The first-order chi connectivity index (χ1) is 19.8. The molecule has 0 N–H and O–H groups in total. The maximum Gasteiger partial charge on any atom is 0.164 e. The van der Waals surface area contributed by atoms with Gasteiger partial charge in [0.2, 0.25) is 0 Å². The van der Waals surface area contributed by atoms with E-state index in [0.29, 0.717) is 37.1 Å². The summed E-state index contributed by atoms with van der Waals surface area (Å²) in [6.07, 6.45) is 1.65. The molecule has 0 unspecified atom stereocenters. The highest BCUT2D eigenvalue weighted by atomic mass is 35.5. The Morgan fingerprint density at radius 2 is 1.27 bits per heavy atom. The van der Waals surface area contributed by atoms with Gasteiger partial charge < -0.3 is 23.5 Å². The molecule has 4 atom stereocenters. The first kappa shape index (κ1) is 26.6. The van der Waals surface area contributed by atoms with Gasteiger partial charge in [0.15, 0.2) is 11.4 Å². The molecule has 0 bridgehead atoms. The van der Waals surface area contributed by atoms with E-state index in [-0.39, 0.29) is 6.10 Å². The van der Waals surface area contributed by atoms with E-state index in [4.69, 9.17) is 30.5 Å². The number of rotatable bonds is 11. The van der Waals surface area contributed by atoms with E-state index < -0.39 is 18.4 Å². The monoisotopic (exact) mass is 555 g/mol. The van der Waals surface area contributed by atoms with E-state index in [0.717, 1.165) is 22.2 Å². The molecule has 1 aliphatic heterocycles. The largest absolute Gasteiger partial charge is 0.374 e. The molecule has 7 nitrogen and oxygen atoms in total. The van der Waals surface area contributed by atoms with Crippen LogP contribution in [0.4, 0.5) is 0 Å². The molecule has 40 heavy (non-hydrogen) atoms. The molecule has 3 heterocycles. The summed E-state index contributed by atoms with van der Waals surface area (Å²) >= 11 is 6.35. The Balaban J connectivity index is 1.29. The second-order valence-electron chi connectivity index (χ2n) is 9.71. The topological polar surface area (TPSA) is 67.6 Å². The SMILES string of the molecule is Clc1nccc2c1ncn2[C@@H]1O[C@H](COCc2ccccc2)[C@@H](OCc2ccccc2)[C@@H]1OCc1ccccc1. The minimum atomic E-state index is -0.515. The number of fused-ring (bicyclic) bond motifs is 1. The van der Waals surface area contributed by atoms with Crippen molar-refractivity contribution in [3.63, 3.8) is 0 Å². The summed E-state index contributed by atoms with van der Waals surface area (Å²) in [7, 11) is 0. The van der Waals surface area contributed by atoms with Crippen molar-refractivity contribution in [3.8, 4) is 0 Å². The first-order valence-electron chi connectivity index (χ1n) is 13.3. The van der Waals surface area contributed by atoms with E-state index >= 15 is 0 Å². The van der Waals surface area contributed by atoms with Crippen molar-refractivity contribution >= 4 is 22.6 Å². The minimum absolute atomic E-state index is 0.338. The molecule has 2 aromatic heterocycles. The van der Waals surface area contributed by atoms with Gasteiger partial charge in [0.05, 0.1) is 38.3 Å². The molecule has 8 heteroatoms. The van der Waals surface area contributed by atoms with Crippen LogP contribution in [0.3, 0.4) is 0 Å². The average molecular weight is 556 g/mol. The average Bonchev–Trinajstić information content (AvgIpc) is 3.58. The van der Waals surface area contributed by atoms with Crippen LogP contribution in [0.25, 0.3) is 11.0 Å². The molecule has 0 saturated carbocycles. The van der Waals surface area contributed by atoms with Crippen LogP contribution < -0.4 is 0 Å². The van der Waals surface area contributed by atoms with E-state index in [1.165, 1.54) is 0 Å². The fourth-order valence-corrected chi connectivity index (χ4v) is 5.18. The zero-order valence-corrected chi connectivity index (χ0v) is 22.6. The maximum absolute atomic E-state index is 6.68. The summed E-state index contributed by atoms with van der Waals surface area (Å²) in [5.41, 5.74) is 4.65. The number of imidazole rings is 1. The molecule has 0 amide bonds. The molecule has 1 aliphatic rings. The summed E-state index contributed by atoms with van der Waals surface area (Å²) in [6.45, 7) is 1.64. The van der Waals surface area contributed by atoms with Gasteiger partial charge in [-0.1, -0.05) is 103 Å². The number of nitrogens with zero attached hydrogens (tertiary/aromatic N) is 3. The van der Waals surface area contributed by atoms with Gasteiger partial charge in [0, 0.05) is 6.20 Å². The lowest BCUT2D eigenvalue weighted by Crippen LogP contribution is -2.38. The molecule has 3 aromatic carbocycles. The molecule has 6 rings (SSSR count). The lowest BCUT2D eigenvalue weighted by Gasteiger charge is -2.25. The van der Waals surface area contributed by atoms with E-state index in [1.54, 1.807) is 12.5 Å². The molecular formula is C32H30ClN3O4. The smallest absolute Gasteiger partial charge is 0.164 e. The molecule has 1 fully saturated rings. The number of halogens is 1. The standard InChI is InChI=1S/C32H30ClN3O4/c33-31-28-26(16-17-34-31)36(22-35-28)32-30(39-20-25-14-8-3-9-15-25)29(38-19-24-12-6-2-7-13-24)27(40-32)21-37-18-23-10-4-1-5-11-23/h1-17,22,27,29-30,32H,18-21H2/t27-,29-,30+,32-/m1/s1. The van der Waals surface area contributed by atoms with Crippen molar-refractivity contribution in [3.05, 3.63) is 131 Å². The molecule has 0 aliphatic carbocycles. The highest BCUT2D eigenvalue weighted by molar-refractivity contribution is 6.33. The first-order valence-corrected chi connectivity index (χ1v) is 13.7. The van der Waals surface area contributed by atoms with Gasteiger partial charge in [-0.15, -0.1) is 0 Å². The lowest BCUT2D eigenvalue weighted by atomic mass is 10.1. The normalized spacial score (nSPS) is 20.7. The summed E-state index contributed by atoms with van der Waals surface area (Å²) in [5, 5.41) is 0.343. The van der Waals surface area contributed by atoms with Crippen molar-refractivity contribution < 1.29 is 18.9 Å². The minimum Gasteiger partial charge on any atom is -0.374 e. The third-order valence-electron chi connectivity index (χ3n) is 6.97. The number of aromatic nitrogens is 3. The van der Waals surface area contributed by atoms with Crippen LogP contribution in [-0.4, -0.2) is 39.5 Å².